The van der Waals surface area contributed by atoms with E-state index in [0.29, 0.717) is 6.42 Å². The Morgan fingerprint density at radius 2 is 1.73 bits per heavy atom. The lowest BCUT2D eigenvalue weighted by molar-refractivity contribution is -0.0250. The molecule has 0 radical (unpaired) electrons. The molecular weight excluding hydrogens is 326 g/mol. The van der Waals surface area contributed by atoms with Gasteiger partial charge in [0.15, 0.2) is 0 Å². The highest BCUT2D eigenvalue weighted by Gasteiger charge is 2.39. The fourth-order valence-electron chi connectivity index (χ4n) is 3.79. The number of hydrogen-bond acceptors (Lipinski definition) is 4. The molecule has 1 aliphatic rings. The minimum atomic E-state index is -0.939. The van der Waals surface area contributed by atoms with Gasteiger partial charge in [0.2, 0.25) is 0 Å². The summed E-state index contributed by atoms with van der Waals surface area (Å²) in [5.74, 6) is 0.789. The van der Waals surface area contributed by atoms with Crippen molar-refractivity contribution < 1.29 is 14.6 Å². The topological polar surface area (TPSA) is 41.9 Å². The smallest absolute Gasteiger partial charge is 0.118 e. The fourth-order valence-corrected chi connectivity index (χ4v) is 3.79. The second-order valence-corrected chi connectivity index (χ2v) is 6.88. The fraction of sp³-hybridized carbons (Fsp3) is 0.455. The third-order valence-corrected chi connectivity index (χ3v) is 5.45. The van der Waals surface area contributed by atoms with Gasteiger partial charge in [0.1, 0.15) is 5.75 Å². The molecule has 26 heavy (non-hydrogen) atoms. The summed E-state index contributed by atoms with van der Waals surface area (Å²) < 4.78 is 10.8. The van der Waals surface area contributed by atoms with Crippen molar-refractivity contribution in [3.05, 3.63) is 65.7 Å². The summed E-state index contributed by atoms with van der Waals surface area (Å²) in [5.41, 5.74) is 1.16. The zero-order valence-electron chi connectivity index (χ0n) is 15.7. The van der Waals surface area contributed by atoms with Crippen molar-refractivity contribution in [2.45, 2.75) is 24.9 Å². The molecule has 1 heterocycles. The Morgan fingerprint density at radius 3 is 2.31 bits per heavy atom. The molecule has 2 aromatic carbocycles. The van der Waals surface area contributed by atoms with Crippen molar-refractivity contribution in [3.8, 4) is 5.75 Å². The first-order valence-corrected chi connectivity index (χ1v) is 9.39. The van der Waals surface area contributed by atoms with Gasteiger partial charge < -0.3 is 14.6 Å². The quantitative estimate of drug-likeness (QED) is 0.826. The summed E-state index contributed by atoms with van der Waals surface area (Å²) in [5, 5.41) is 11.8. The van der Waals surface area contributed by atoms with Crippen LogP contribution in [0.15, 0.2) is 54.6 Å². The van der Waals surface area contributed by atoms with Crippen molar-refractivity contribution in [2.24, 2.45) is 0 Å². The maximum atomic E-state index is 11.8. The summed E-state index contributed by atoms with van der Waals surface area (Å²) >= 11 is 0. The summed E-state index contributed by atoms with van der Waals surface area (Å²) in [6.07, 6.45) is 0.642. The van der Waals surface area contributed by atoms with E-state index in [4.69, 9.17) is 9.47 Å². The van der Waals surface area contributed by atoms with Crippen LogP contribution in [-0.4, -0.2) is 50.0 Å². The first kappa shape index (κ1) is 18.9. The number of hydrogen-bond donors (Lipinski definition) is 1. The molecule has 1 N–H and O–H groups in total. The van der Waals surface area contributed by atoms with Crippen LogP contribution < -0.4 is 4.74 Å². The van der Waals surface area contributed by atoms with Gasteiger partial charge in [-0.2, -0.15) is 0 Å². The molecule has 4 heteroatoms. The van der Waals surface area contributed by atoms with Crippen LogP contribution in [0.5, 0.6) is 5.75 Å². The summed E-state index contributed by atoms with van der Waals surface area (Å²) in [6.45, 7) is 6.20. The van der Waals surface area contributed by atoms with Gasteiger partial charge in [-0.1, -0.05) is 49.4 Å². The van der Waals surface area contributed by atoms with Gasteiger partial charge in [0, 0.05) is 25.6 Å². The SMILES string of the molecule is CC[C@](O)(c1ccc(OC)cc1)[C@@H](CN1CCOCC1)c1ccccc1. The zero-order valence-corrected chi connectivity index (χ0v) is 15.7. The van der Waals surface area contributed by atoms with Gasteiger partial charge in [-0.3, -0.25) is 4.90 Å². The standard InChI is InChI=1S/C22H29NO3/c1-3-22(24,19-9-11-20(25-2)12-10-19)21(18-7-5-4-6-8-18)17-23-13-15-26-16-14-23/h4-12,21,24H,3,13-17H2,1-2H3/t21-,22-/m0/s1. The highest BCUT2D eigenvalue weighted by Crippen LogP contribution is 2.41. The highest BCUT2D eigenvalue weighted by atomic mass is 16.5. The van der Waals surface area contributed by atoms with Gasteiger partial charge in [0.25, 0.3) is 0 Å². The third-order valence-electron chi connectivity index (χ3n) is 5.45. The van der Waals surface area contributed by atoms with E-state index >= 15 is 0 Å². The Kier molecular flexibility index (Phi) is 6.30. The van der Waals surface area contributed by atoms with Crippen LogP contribution in [0.2, 0.25) is 0 Å². The van der Waals surface area contributed by atoms with E-state index in [9.17, 15) is 5.11 Å². The van der Waals surface area contributed by atoms with Gasteiger partial charge in [-0.25, -0.2) is 0 Å². The van der Waals surface area contributed by atoms with E-state index in [1.54, 1.807) is 7.11 Å². The lowest BCUT2D eigenvalue weighted by atomic mass is 9.75. The molecule has 140 valence electrons. The van der Waals surface area contributed by atoms with E-state index in [1.807, 2.05) is 42.5 Å². The van der Waals surface area contributed by atoms with E-state index in [-0.39, 0.29) is 5.92 Å². The van der Waals surface area contributed by atoms with Crippen LogP contribution in [0, 0.1) is 0 Å². The molecular formula is C22H29NO3. The molecule has 2 aromatic rings. The van der Waals surface area contributed by atoms with Gasteiger partial charge in [-0.05, 0) is 29.7 Å². The lowest BCUT2D eigenvalue weighted by Crippen LogP contribution is -2.44. The molecule has 1 aliphatic heterocycles. The summed E-state index contributed by atoms with van der Waals surface area (Å²) in [7, 11) is 1.66. The number of ether oxygens (including phenoxy) is 2. The van der Waals surface area contributed by atoms with Crippen molar-refractivity contribution in [1.29, 1.82) is 0 Å². The average Bonchev–Trinajstić information content (AvgIpc) is 2.73. The number of nitrogens with zero attached hydrogens (tertiary/aromatic N) is 1. The van der Waals surface area contributed by atoms with E-state index in [2.05, 4.69) is 24.0 Å². The Hall–Kier alpha value is -1.88. The summed E-state index contributed by atoms with van der Waals surface area (Å²) in [4.78, 5) is 2.39. The maximum absolute atomic E-state index is 11.8. The molecule has 0 unspecified atom stereocenters. The van der Waals surface area contributed by atoms with E-state index < -0.39 is 5.60 Å². The Bertz CT molecular complexity index is 668. The molecule has 2 atom stereocenters. The molecule has 3 rings (SSSR count). The maximum Gasteiger partial charge on any atom is 0.118 e. The highest BCUT2D eigenvalue weighted by molar-refractivity contribution is 5.35. The number of morpholine rings is 1. The number of aliphatic hydroxyl groups is 1. The molecule has 1 saturated heterocycles. The molecule has 0 aromatic heterocycles. The second-order valence-electron chi connectivity index (χ2n) is 6.88. The molecule has 0 spiro atoms. The Labute approximate surface area is 156 Å². The van der Waals surface area contributed by atoms with Crippen LogP contribution in [0.1, 0.15) is 30.4 Å². The first-order chi connectivity index (χ1) is 12.7. The van der Waals surface area contributed by atoms with Crippen LogP contribution in [0.25, 0.3) is 0 Å². The Morgan fingerprint density at radius 1 is 1.08 bits per heavy atom. The average molecular weight is 355 g/mol. The van der Waals surface area contributed by atoms with Crippen molar-refractivity contribution in [3.63, 3.8) is 0 Å². The summed E-state index contributed by atoms with van der Waals surface area (Å²) in [6, 6.07) is 18.2. The second kappa shape index (κ2) is 8.67. The van der Waals surface area contributed by atoms with Gasteiger partial charge in [-0.15, -0.1) is 0 Å². The molecule has 0 aliphatic carbocycles. The Balaban J connectivity index is 1.95. The molecule has 0 bridgehead atoms. The molecule has 0 amide bonds. The number of rotatable bonds is 7. The third kappa shape index (κ3) is 4.09. The normalized spacial score (nSPS) is 18.9. The molecule has 0 saturated carbocycles. The predicted molar refractivity (Wildman–Crippen MR) is 104 cm³/mol. The zero-order chi connectivity index (χ0) is 18.4. The van der Waals surface area contributed by atoms with Gasteiger partial charge in [0.05, 0.1) is 25.9 Å². The van der Waals surface area contributed by atoms with Crippen LogP contribution in [-0.2, 0) is 10.3 Å². The van der Waals surface area contributed by atoms with Crippen molar-refractivity contribution in [2.75, 3.05) is 40.0 Å². The minimum Gasteiger partial charge on any atom is -0.497 e. The van der Waals surface area contributed by atoms with E-state index in [1.165, 1.54) is 5.56 Å². The predicted octanol–water partition coefficient (Wildman–Crippen LogP) is 3.41. The van der Waals surface area contributed by atoms with Crippen LogP contribution >= 0.6 is 0 Å². The number of benzene rings is 2. The van der Waals surface area contributed by atoms with Crippen LogP contribution in [0.3, 0.4) is 0 Å². The van der Waals surface area contributed by atoms with Crippen molar-refractivity contribution >= 4 is 0 Å². The van der Waals surface area contributed by atoms with Gasteiger partial charge >= 0.3 is 0 Å². The molecule has 1 fully saturated rings. The lowest BCUT2D eigenvalue weighted by Gasteiger charge is -2.40. The first-order valence-electron chi connectivity index (χ1n) is 9.39. The largest absolute Gasteiger partial charge is 0.497 e. The monoisotopic (exact) mass is 355 g/mol. The number of methoxy groups -OCH3 is 1. The van der Waals surface area contributed by atoms with Crippen molar-refractivity contribution in [1.82, 2.24) is 4.90 Å². The van der Waals surface area contributed by atoms with Crippen LogP contribution in [0.4, 0.5) is 0 Å². The molecule has 4 nitrogen and oxygen atoms in total. The minimum absolute atomic E-state index is 0.0137. The van der Waals surface area contributed by atoms with E-state index in [0.717, 1.165) is 44.2 Å².